The smallest absolute Gasteiger partial charge is 0.292 e. The minimum Gasteiger partial charge on any atom is -0.392 e. The summed E-state index contributed by atoms with van der Waals surface area (Å²) in [5.74, 6) is -0.307. The number of nitro benzene ring substituents is 1. The first-order chi connectivity index (χ1) is 9.99. The second-order valence-corrected chi connectivity index (χ2v) is 5.23. The number of hydrogen-bond acceptors (Lipinski definition) is 5. The van der Waals surface area contributed by atoms with Crippen LogP contribution in [0, 0.1) is 10.1 Å². The van der Waals surface area contributed by atoms with E-state index in [4.69, 9.17) is 0 Å². The molecule has 0 bridgehead atoms. The summed E-state index contributed by atoms with van der Waals surface area (Å²) in [5.41, 5.74) is 0.0636. The van der Waals surface area contributed by atoms with Crippen molar-refractivity contribution < 1.29 is 14.8 Å². The van der Waals surface area contributed by atoms with Crippen molar-refractivity contribution in [3.63, 3.8) is 0 Å². The largest absolute Gasteiger partial charge is 0.392 e. The first-order valence-corrected chi connectivity index (χ1v) is 6.95. The van der Waals surface area contributed by atoms with Crippen LogP contribution in [-0.4, -0.2) is 46.1 Å². The van der Waals surface area contributed by atoms with Gasteiger partial charge in [-0.25, -0.2) is 0 Å². The summed E-state index contributed by atoms with van der Waals surface area (Å²) in [7, 11) is 0. The number of nitrogens with zero attached hydrogens (tertiary/aromatic N) is 2. The van der Waals surface area contributed by atoms with Crippen LogP contribution in [0.2, 0.25) is 0 Å². The number of nitro groups is 1. The lowest BCUT2D eigenvalue weighted by molar-refractivity contribution is -0.383. The van der Waals surface area contributed by atoms with Gasteiger partial charge in [0.25, 0.3) is 5.69 Å². The van der Waals surface area contributed by atoms with Gasteiger partial charge in [-0.2, -0.15) is 0 Å². The molecule has 0 aliphatic carbocycles. The van der Waals surface area contributed by atoms with Crippen LogP contribution < -0.4 is 5.32 Å². The number of likely N-dealkylation sites (tertiary alicyclic amines) is 1. The normalized spacial score (nSPS) is 20.8. The van der Waals surface area contributed by atoms with Crippen LogP contribution in [0.15, 0.2) is 24.3 Å². The predicted molar refractivity (Wildman–Crippen MR) is 78.0 cm³/mol. The van der Waals surface area contributed by atoms with Gasteiger partial charge in [0.05, 0.1) is 17.1 Å². The monoisotopic (exact) mass is 293 g/mol. The van der Waals surface area contributed by atoms with Crippen molar-refractivity contribution in [1.29, 1.82) is 0 Å². The third kappa shape index (κ3) is 3.77. The van der Waals surface area contributed by atoms with Crippen LogP contribution in [0.4, 0.5) is 11.4 Å². The van der Waals surface area contributed by atoms with E-state index in [1.165, 1.54) is 12.1 Å². The minimum absolute atomic E-state index is 0.128. The zero-order valence-electron chi connectivity index (χ0n) is 11.9. The van der Waals surface area contributed by atoms with Crippen LogP contribution in [0.5, 0.6) is 0 Å². The Bertz CT molecular complexity index is 535. The Balaban J connectivity index is 2.05. The SMILES string of the molecule is CC(C(=O)Nc1ccccc1[N+](=O)[O-])N1CCCC(O)C1. The Labute approximate surface area is 122 Å². The molecule has 0 radical (unpaired) electrons. The summed E-state index contributed by atoms with van der Waals surface area (Å²) >= 11 is 0. The number of β-amino-alcohol motifs (C(OH)–C–C–N with tert-alkyl or cyclic N) is 1. The van der Waals surface area contributed by atoms with E-state index in [1.807, 2.05) is 4.90 Å². The number of aliphatic hydroxyl groups is 1. The van der Waals surface area contributed by atoms with Gasteiger partial charge in [-0.05, 0) is 32.4 Å². The Kier molecular flexibility index (Phi) is 4.87. The van der Waals surface area contributed by atoms with Crippen LogP contribution in [0.3, 0.4) is 0 Å². The van der Waals surface area contributed by atoms with Gasteiger partial charge >= 0.3 is 0 Å². The highest BCUT2D eigenvalue weighted by atomic mass is 16.6. The number of aliphatic hydroxyl groups excluding tert-OH is 1. The van der Waals surface area contributed by atoms with E-state index >= 15 is 0 Å². The fourth-order valence-corrected chi connectivity index (χ4v) is 2.48. The molecule has 1 amide bonds. The van der Waals surface area contributed by atoms with Crippen LogP contribution >= 0.6 is 0 Å². The summed E-state index contributed by atoms with van der Waals surface area (Å²) in [5, 5.41) is 23.2. The molecular weight excluding hydrogens is 274 g/mol. The molecule has 1 heterocycles. The summed E-state index contributed by atoms with van der Waals surface area (Å²) in [6.45, 7) is 2.93. The summed E-state index contributed by atoms with van der Waals surface area (Å²) in [6, 6.07) is 5.61. The molecule has 1 saturated heterocycles. The molecule has 114 valence electrons. The lowest BCUT2D eigenvalue weighted by Gasteiger charge is -2.33. The molecule has 1 aromatic carbocycles. The Morgan fingerprint density at radius 2 is 2.24 bits per heavy atom. The summed E-state index contributed by atoms with van der Waals surface area (Å²) < 4.78 is 0. The molecule has 1 aromatic rings. The standard InChI is InChI=1S/C14H19N3O4/c1-10(16-8-4-5-11(18)9-16)14(19)15-12-6-2-3-7-13(12)17(20)21/h2-3,6-7,10-11,18H,4-5,8-9H2,1H3,(H,15,19). The van der Waals surface area contributed by atoms with E-state index in [0.29, 0.717) is 6.54 Å². The number of carbonyl (C=O) groups is 1. The van der Waals surface area contributed by atoms with Gasteiger partial charge in [0.2, 0.25) is 5.91 Å². The number of hydrogen-bond donors (Lipinski definition) is 2. The lowest BCUT2D eigenvalue weighted by atomic mass is 10.1. The fraction of sp³-hybridized carbons (Fsp3) is 0.500. The van der Waals surface area contributed by atoms with Crippen molar-refractivity contribution >= 4 is 17.3 Å². The molecule has 2 N–H and O–H groups in total. The number of nitrogens with one attached hydrogen (secondary N) is 1. The van der Waals surface area contributed by atoms with E-state index in [2.05, 4.69) is 5.32 Å². The summed E-state index contributed by atoms with van der Waals surface area (Å²) in [4.78, 5) is 24.5. The number of piperidine rings is 1. The number of rotatable bonds is 4. The Morgan fingerprint density at radius 1 is 1.52 bits per heavy atom. The number of anilines is 1. The second kappa shape index (κ2) is 6.64. The number of benzene rings is 1. The van der Waals surface area contributed by atoms with E-state index in [0.717, 1.165) is 19.4 Å². The Morgan fingerprint density at radius 3 is 2.90 bits per heavy atom. The van der Waals surface area contributed by atoms with E-state index in [1.54, 1.807) is 19.1 Å². The van der Waals surface area contributed by atoms with Gasteiger partial charge in [0.15, 0.2) is 0 Å². The molecule has 21 heavy (non-hydrogen) atoms. The molecule has 0 spiro atoms. The molecule has 2 atom stereocenters. The van der Waals surface area contributed by atoms with Crippen LogP contribution in [0.1, 0.15) is 19.8 Å². The van der Waals surface area contributed by atoms with Crippen molar-refractivity contribution in [2.75, 3.05) is 18.4 Å². The molecular formula is C14H19N3O4. The van der Waals surface area contributed by atoms with Gasteiger partial charge in [-0.1, -0.05) is 12.1 Å². The predicted octanol–water partition coefficient (Wildman–Crippen LogP) is 1.38. The topological polar surface area (TPSA) is 95.7 Å². The summed E-state index contributed by atoms with van der Waals surface area (Å²) in [6.07, 6.45) is 1.17. The second-order valence-electron chi connectivity index (χ2n) is 5.23. The molecule has 1 aliphatic rings. The van der Waals surface area contributed by atoms with Gasteiger partial charge in [0.1, 0.15) is 5.69 Å². The molecule has 1 fully saturated rings. The van der Waals surface area contributed by atoms with Gasteiger partial charge < -0.3 is 10.4 Å². The maximum atomic E-state index is 12.2. The maximum Gasteiger partial charge on any atom is 0.292 e. The first kappa shape index (κ1) is 15.4. The molecule has 0 saturated carbocycles. The van der Waals surface area contributed by atoms with Crippen molar-refractivity contribution in [2.24, 2.45) is 0 Å². The van der Waals surface area contributed by atoms with E-state index in [9.17, 15) is 20.0 Å². The fourth-order valence-electron chi connectivity index (χ4n) is 2.48. The average Bonchev–Trinajstić information content (AvgIpc) is 2.46. The van der Waals surface area contributed by atoms with Crippen molar-refractivity contribution in [3.8, 4) is 0 Å². The van der Waals surface area contributed by atoms with Gasteiger partial charge in [-0.3, -0.25) is 19.8 Å². The molecule has 7 heteroatoms. The number of carbonyl (C=O) groups excluding carboxylic acids is 1. The number of para-hydroxylation sites is 2. The maximum absolute atomic E-state index is 12.2. The van der Waals surface area contributed by atoms with Crippen LogP contribution in [-0.2, 0) is 4.79 Å². The van der Waals surface area contributed by atoms with Gasteiger partial charge in [-0.15, -0.1) is 0 Å². The van der Waals surface area contributed by atoms with Crippen molar-refractivity contribution in [1.82, 2.24) is 4.90 Å². The quantitative estimate of drug-likeness (QED) is 0.646. The molecule has 2 unspecified atom stereocenters. The molecule has 1 aliphatic heterocycles. The third-order valence-corrected chi connectivity index (χ3v) is 3.71. The molecule has 2 rings (SSSR count). The van der Waals surface area contributed by atoms with Crippen LogP contribution in [0.25, 0.3) is 0 Å². The molecule has 7 nitrogen and oxygen atoms in total. The lowest BCUT2D eigenvalue weighted by Crippen LogP contribution is -2.48. The highest BCUT2D eigenvalue weighted by Crippen LogP contribution is 2.24. The van der Waals surface area contributed by atoms with E-state index < -0.39 is 17.1 Å². The highest BCUT2D eigenvalue weighted by Gasteiger charge is 2.27. The van der Waals surface area contributed by atoms with E-state index in [-0.39, 0.29) is 17.3 Å². The van der Waals surface area contributed by atoms with Crippen molar-refractivity contribution in [2.45, 2.75) is 31.9 Å². The average molecular weight is 293 g/mol. The Hall–Kier alpha value is -1.99. The first-order valence-electron chi connectivity index (χ1n) is 6.95. The zero-order valence-corrected chi connectivity index (χ0v) is 11.9. The third-order valence-electron chi connectivity index (χ3n) is 3.71. The highest BCUT2D eigenvalue weighted by molar-refractivity contribution is 5.96. The zero-order chi connectivity index (χ0) is 15.4. The minimum atomic E-state index is -0.523. The number of amides is 1. The van der Waals surface area contributed by atoms with Gasteiger partial charge in [0, 0.05) is 12.6 Å². The molecule has 0 aromatic heterocycles. The van der Waals surface area contributed by atoms with Crippen molar-refractivity contribution in [3.05, 3.63) is 34.4 Å².